The fourth-order valence-electron chi connectivity index (χ4n) is 3.47. The SMILES string of the molecule is CCN1CCc2c(sc3c2C(=O)NC(c2ccc(OC)c(I)c2)N3)C1. The molecule has 0 radical (unpaired) electrons. The minimum atomic E-state index is -0.207. The number of ether oxygens (including phenoxy) is 1. The minimum absolute atomic E-state index is 0.0343. The molecule has 0 fully saturated rings. The fraction of sp³-hybridized carbons (Fsp3) is 0.389. The summed E-state index contributed by atoms with van der Waals surface area (Å²) in [6.07, 6.45) is 0.747. The Kier molecular flexibility index (Phi) is 4.63. The van der Waals surface area contributed by atoms with E-state index < -0.39 is 0 Å². The molecule has 25 heavy (non-hydrogen) atoms. The van der Waals surface area contributed by atoms with E-state index in [0.29, 0.717) is 0 Å². The van der Waals surface area contributed by atoms with Gasteiger partial charge in [0, 0.05) is 18.0 Å². The summed E-state index contributed by atoms with van der Waals surface area (Å²) in [6, 6.07) is 5.99. The van der Waals surface area contributed by atoms with Crippen LogP contribution in [0.15, 0.2) is 18.2 Å². The highest BCUT2D eigenvalue weighted by atomic mass is 127. The van der Waals surface area contributed by atoms with Crippen molar-refractivity contribution in [1.29, 1.82) is 0 Å². The summed E-state index contributed by atoms with van der Waals surface area (Å²) in [6.45, 7) is 5.21. The normalized spacial score (nSPS) is 19.6. The van der Waals surface area contributed by atoms with Crippen LogP contribution in [0.5, 0.6) is 5.75 Å². The number of amides is 1. The molecule has 5 nitrogen and oxygen atoms in total. The maximum absolute atomic E-state index is 12.8. The highest BCUT2D eigenvalue weighted by Crippen LogP contribution is 2.41. The van der Waals surface area contributed by atoms with Crippen molar-refractivity contribution in [3.63, 3.8) is 0 Å². The van der Waals surface area contributed by atoms with Gasteiger partial charge in [-0.2, -0.15) is 0 Å². The van der Waals surface area contributed by atoms with Crippen LogP contribution in [0, 0.1) is 3.57 Å². The third-order valence-electron chi connectivity index (χ3n) is 4.87. The zero-order valence-corrected chi connectivity index (χ0v) is 17.2. The van der Waals surface area contributed by atoms with Crippen LogP contribution in [0.2, 0.25) is 0 Å². The lowest BCUT2D eigenvalue weighted by Crippen LogP contribution is -2.38. The second-order valence-electron chi connectivity index (χ2n) is 6.27. The maximum atomic E-state index is 12.8. The number of anilines is 1. The van der Waals surface area contributed by atoms with Gasteiger partial charge in [0.05, 0.1) is 16.2 Å². The van der Waals surface area contributed by atoms with Crippen molar-refractivity contribution in [3.8, 4) is 5.75 Å². The molecular formula is C18H20IN3O2S. The van der Waals surface area contributed by atoms with Crippen LogP contribution in [0.3, 0.4) is 0 Å². The third kappa shape index (κ3) is 3.02. The summed E-state index contributed by atoms with van der Waals surface area (Å²) >= 11 is 3.99. The number of hydrogen-bond donors (Lipinski definition) is 2. The molecule has 3 heterocycles. The molecule has 1 aromatic heterocycles. The van der Waals surface area contributed by atoms with Gasteiger partial charge in [-0.1, -0.05) is 13.0 Å². The Morgan fingerprint density at radius 3 is 2.96 bits per heavy atom. The first kappa shape index (κ1) is 17.1. The summed E-state index contributed by atoms with van der Waals surface area (Å²) in [5, 5.41) is 7.64. The summed E-state index contributed by atoms with van der Waals surface area (Å²) < 4.78 is 6.35. The molecule has 132 valence electrons. The number of hydrogen-bond acceptors (Lipinski definition) is 5. The second kappa shape index (κ2) is 6.77. The summed E-state index contributed by atoms with van der Waals surface area (Å²) in [5.41, 5.74) is 3.12. The molecule has 0 bridgehead atoms. The number of fused-ring (bicyclic) bond motifs is 3. The van der Waals surface area contributed by atoms with Gasteiger partial charge in [-0.05, 0) is 58.8 Å². The Labute approximate surface area is 164 Å². The highest BCUT2D eigenvalue weighted by Gasteiger charge is 2.33. The van der Waals surface area contributed by atoms with E-state index in [-0.39, 0.29) is 12.1 Å². The van der Waals surface area contributed by atoms with Crippen molar-refractivity contribution in [1.82, 2.24) is 10.2 Å². The monoisotopic (exact) mass is 469 g/mol. The van der Waals surface area contributed by atoms with Gasteiger partial charge in [0.15, 0.2) is 0 Å². The summed E-state index contributed by atoms with van der Waals surface area (Å²) in [5.74, 6) is 0.880. The molecule has 4 rings (SSSR count). The Balaban J connectivity index is 1.65. The lowest BCUT2D eigenvalue weighted by atomic mass is 10.0. The summed E-state index contributed by atoms with van der Waals surface area (Å²) in [7, 11) is 1.67. The molecule has 0 saturated heterocycles. The van der Waals surface area contributed by atoms with Crippen LogP contribution in [0.1, 0.15) is 39.5 Å². The van der Waals surface area contributed by atoms with Crippen LogP contribution in [0.4, 0.5) is 5.00 Å². The van der Waals surface area contributed by atoms with Gasteiger partial charge in [-0.15, -0.1) is 11.3 Å². The largest absolute Gasteiger partial charge is 0.496 e. The van der Waals surface area contributed by atoms with Crippen LogP contribution in [-0.4, -0.2) is 31.0 Å². The third-order valence-corrected chi connectivity index (χ3v) is 6.86. The van der Waals surface area contributed by atoms with Gasteiger partial charge in [-0.3, -0.25) is 9.69 Å². The van der Waals surface area contributed by atoms with Crippen molar-refractivity contribution in [3.05, 3.63) is 43.3 Å². The van der Waals surface area contributed by atoms with E-state index >= 15 is 0 Å². The molecule has 0 spiro atoms. The van der Waals surface area contributed by atoms with E-state index in [2.05, 4.69) is 51.1 Å². The smallest absolute Gasteiger partial charge is 0.256 e. The Bertz CT molecular complexity index is 836. The molecule has 7 heteroatoms. The highest BCUT2D eigenvalue weighted by molar-refractivity contribution is 14.1. The topological polar surface area (TPSA) is 53.6 Å². The predicted octanol–water partition coefficient (Wildman–Crippen LogP) is 3.59. The molecule has 2 aromatic rings. The number of benzene rings is 1. The van der Waals surface area contributed by atoms with E-state index in [1.165, 1.54) is 10.4 Å². The van der Waals surface area contributed by atoms with Gasteiger partial charge in [0.25, 0.3) is 5.91 Å². The molecule has 0 saturated carbocycles. The summed E-state index contributed by atoms with van der Waals surface area (Å²) in [4.78, 5) is 16.5. The number of rotatable bonds is 3. The second-order valence-corrected chi connectivity index (χ2v) is 8.54. The van der Waals surface area contributed by atoms with Gasteiger partial charge >= 0.3 is 0 Å². The number of likely N-dealkylation sites (N-methyl/N-ethyl adjacent to an activating group) is 1. The number of halogens is 1. The first-order valence-electron chi connectivity index (χ1n) is 8.38. The number of thiophene rings is 1. The molecule has 2 N–H and O–H groups in total. The molecule has 1 amide bonds. The number of carbonyl (C=O) groups excluding carboxylic acids is 1. The zero-order valence-electron chi connectivity index (χ0n) is 14.2. The van der Waals surface area contributed by atoms with Gasteiger partial charge in [0.2, 0.25) is 0 Å². The number of nitrogens with one attached hydrogen (secondary N) is 2. The first-order valence-corrected chi connectivity index (χ1v) is 10.3. The minimum Gasteiger partial charge on any atom is -0.496 e. The van der Waals surface area contributed by atoms with E-state index in [1.807, 2.05) is 12.1 Å². The van der Waals surface area contributed by atoms with Gasteiger partial charge in [-0.25, -0.2) is 0 Å². The van der Waals surface area contributed by atoms with Crippen LogP contribution >= 0.6 is 33.9 Å². The van der Waals surface area contributed by atoms with Crippen LogP contribution < -0.4 is 15.4 Å². The molecule has 2 aliphatic rings. The molecule has 1 aromatic carbocycles. The average Bonchev–Trinajstić information content (AvgIpc) is 2.99. The predicted molar refractivity (Wildman–Crippen MR) is 109 cm³/mol. The van der Waals surface area contributed by atoms with E-state index in [1.54, 1.807) is 18.4 Å². The van der Waals surface area contributed by atoms with Crippen LogP contribution in [0.25, 0.3) is 0 Å². The van der Waals surface area contributed by atoms with E-state index in [4.69, 9.17) is 4.74 Å². The molecule has 0 aliphatic carbocycles. The Morgan fingerprint density at radius 1 is 1.40 bits per heavy atom. The fourth-order valence-corrected chi connectivity index (χ4v) is 5.54. The number of methoxy groups -OCH3 is 1. The van der Waals surface area contributed by atoms with Crippen LogP contribution in [-0.2, 0) is 13.0 Å². The maximum Gasteiger partial charge on any atom is 0.256 e. The molecule has 2 aliphatic heterocycles. The van der Waals surface area contributed by atoms with Crippen molar-refractivity contribution >= 4 is 44.8 Å². The average molecular weight is 469 g/mol. The van der Waals surface area contributed by atoms with Crippen molar-refractivity contribution in [2.24, 2.45) is 0 Å². The number of nitrogens with zero attached hydrogens (tertiary/aromatic N) is 1. The van der Waals surface area contributed by atoms with E-state index in [0.717, 1.165) is 51.5 Å². The van der Waals surface area contributed by atoms with E-state index in [9.17, 15) is 4.79 Å². The lowest BCUT2D eigenvalue weighted by Gasteiger charge is -2.28. The van der Waals surface area contributed by atoms with Crippen molar-refractivity contribution in [2.45, 2.75) is 26.1 Å². The Morgan fingerprint density at radius 2 is 2.24 bits per heavy atom. The standard InChI is InChI=1S/C18H20IN3O2S/c1-3-22-7-6-11-14(9-22)25-18-15(11)17(23)20-16(21-18)10-4-5-13(24-2)12(19)8-10/h4-5,8,16,21H,3,6-7,9H2,1-2H3,(H,20,23). The molecule has 1 unspecified atom stereocenters. The van der Waals surface area contributed by atoms with Crippen molar-refractivity contribution in [2.75, 3.05) is 25.5 Å². The molecular weight excluding hydrogens is 449 g/mol. The van der Waals surface area contributed by atoms with Crippen molar-refractivity contribution < 1.29 is 9.53 Å². The first-order chi connectivity index (χ1) is 12.1. The number of carbonyl (C=O) groups is 1. The van der Waals surface area contributed by atoms with Gasteiger partial charge < -0.3 is 15.4 Å². The Hall–Kier alpha value is -1.32. The molecule has 1 atom stereocenters. The zero-order chi connectivity index (χ0) is 17.6. The van der Waals surface area contributed by atoms with Gasteiger partial charge in [0.1, 0.15) is 16.9 Å². The quantitative estimate of drug-likeness (QED) is 0.675. The lowest BCUT2D eigenvalue weighted by molar-refractivity contribution is 0.0934.